The molecule has 1 aromatic heterocycles. The van der Waals surface area contributed by atoms with Crippen molar-refractivity contribution in [2.45, 2.75) is 56.5 Å². The smallest absolute Gasteiger partial charge is 0.326 e. The SMILES string of the molecule is CC(O)C(NC(=O)C(CO)NC(=O)C1CCCN1)C(=O)NC(Cc1c[nH]c2ccccc12)C(=O)O. The van der Waals surface area contributed by atoms with Gasteiger partial charge in [0.05, 0.1) is 18.8 Å². The highest BCUT2D eigenvalue weighted by Crippen LogP contribution is 2.19. The number of carboxylic acids is 1. The normalized spacial score (nSPS) is 18.9. The van der Waals surface area contributed by atoms with Crippen LogP contribution in [0.1, 0.15) is 25.3 Å². The lowest BCUT2D eigenvalue weighted by atomic mass is 10.0. The number of aromatic amines is 1. The van der Waals surface area contributed by atoms with Crippen LogP contribution in [0.15, 0.2) is 30.5 Å². The Kier molecular flexibility index (Phi) is 8.79. The van der Waals surface area contributed by atoms with Crippen LogP contribution in [0.25, 0.3) is 10.9 Å². The molecule has 1 aliphatic heterocycles. The number of hydrogen-bond donors (Lipinski definition) is 8. The van der Waals surface area contributed by atoms with Gasteiger partial charge in [-0.15, -0.1) is 0 Å². The van der Waals surface area contributed by atoms with Crippen molar-refractivity contribution in [1.29, 1.82) is 0 Å². The number of hydrogen-bond acceptors (Lipinski definition) is 7. The summed E-state index contributed by atoms with van der Waals surface area (Å²) in [4.78, 5) is 52.7. The fourth-order valence-corrected chi connectivity index (χ4v) is 4.02. The van der Waals surface area contributed by atoms with Crippen LogP contribution in [0.5, 0.6) is 0 Å². The maximum absolute atomic E-state index is 12.9. The number of fused-ring (bicyclic) bond motifs is 1. The third-order valence-corrected chi connectivity index (χ3v) is 5.97. The minimum Gasteiger partial charge on any atom is -0.480 e. The molecule has 8 N–H and O–H groups in total. The average molecular weight is 490 g/mol. The number of para-hydroxylation sites is 1. The zero-order valence-corrected chi connectivity index (χ0v) is 19.3. The van der Waals surface area contributed by atoms with Crippen LogP contribution in [0, 0.1) is 0 Å². The molecule has 0 spiro atoms. The lowest BCUT2D eigenvalue weighted by molar-refractivity contribution is -0.143. The molecular weight excluding hydrogens is 458 g/mol. The van der Waals surface area contributed by atoms with Crippen molar-refractivity contribution in [2.24, 2.45) is 0 Å². The van der Waals surface area contributed by atoms with E-state index < -0.39 is 60.6 Å². The van der Waals surface area contributed by atoms with Crippen LogP contribution < -0.4 is 21.3 Å². The van der Waals surface area contributed by atoms with Gasteiger partial charge in [-0.3, -0.25) is 14.4 Å². The van der Waals surface area contributed by atoms with Gasteiger partial charge in [0.15, 0.2) is 0 Å². The van der Waals surface area contributed by atoms with Crippen molar-refractivity contribution >= 4 is 34.6 Å². The highest BCUT2D eigenvalue weighted by molar-refractivity contribution is 5.94. The van der Waals surface area contributed by atoms with Gasteiger partial charge in [-0.2, -0.15) is 0 Å². The average Bonchev–Trinajstić information content (AvgIpc) is 3.50. The Bertz CT molecular complexity index is 1060. The van der Waals surface area contributed by atoms with E-state index in [0.717, 1.165) is 17.3 Å². The molecule has 12 heteroatoms. The van der Waals surface area contributed by atoms with Crippen molar-refractivity contribution in [3.8, 4) is 0 Å². The Morgan fingerprint density at radius 2 is 1.83 bits per heavy atom. The van der Waals surface area contributed by atoms with Gasteiger partial charge in [0.2, 0.25) is 17.7 Å². The Morgan fingerprint density at radius 1 is 1.09 bits per heavy atom. The second-order valence-electron chi connectivity index (χ2n) is 8.58. The first-order valence-corrected chi connectivity index (χ1v) is 11.4. The van der Waals surface area contributed by atoms with Gasteiger partial charge in [-0.25, -0.2) is 4.79 Å². The molecule has 190 valence electrons. The summed E-state index contributed by atoms with van der Waals surface area (Å²) in [5.74, 6) is -3.55. The topological polar surface area (TPSA) is 193 Å². The number of carbonyl (C=O) groups excluding carboxylic acids is 3. The second-order valence-corrected chi connectivity index (χ2v) is 8.58. The molecule has 1 aliphatic rings. The van der Waals surface area contributed by atoms with E-state index in [9.17, 15) is 34.5 Å². The fourth-order valence-electron chi connectivity index (χ4n) is 4.02. The molecule has 1 saturated heterocycles. The third kappa shape index (κ3) is 6.56. The maximum atomic E-state index is 12.9. The number of rotatable bonds is 11. The van der Waals surface area contributed by atoms with E-state index in [2.05, 4.69) is 26.3 Å². The molecular formula is C23H31N5O7. The van der Waals surface area contributed by atoms with Crippen LogP contribution >= 0.6 is 0 Å². The molecule has 12 nitrogen and oxygen atoms in total. The number of nitrogens with one attached hydrogen (secondary N) is 5. The molecule has 5 atom stereocenters. The number of benzene rings is 1. The molecule has 5 unspecified atom stereocenters. The predicted octanol–water partition coefficient (Wildman–Crippen LogP) is -1.63. The number of aliphatic hydroxyl groups is 2. The summed E-state index contributed by atoms with van der Waals surface area (Å²) < 4.78 is 0. The summed E-state index contributed by atoms with van der Waals surface area (Å²) in [6, 6.07) is 2.64. The maximum Gasteiger partial charge on any atom is 0.326 e. The van der Waals surface area contributed by atoms with Gasteiger partial charge in [0.25, 0.3) is 0 Å². The Labute approximate surface area is 201 Å². The van der Waals surface area contributed by atoms with Gasteiger partial charge in [0.1, 0.15) is 18.1 Å². The van der Waals surface area contributed by atoms with E-state index in [-0.39, 0.29) is 6.42 Å². The van der Waals surface area contributed by atoms with E-state index in [1.165, 1.54) is 6.92 Å². The number of carbonyl (C=O) groups is 4. The van der Waals surface area contributed by atoms with Gasteiger partial charge in [0, 0.05) is 23.5 Å². The standard InChI is InChI=1S/C23H31N5O7/c1-12(30)19(28-21(32)18(11-29)27-20(31)16-7-4-8-24-16)22(33)26-17(23(34)35)9-13-10-25-15-6-3-2-5-14(13)15/h2-3,5-6,10,12,16-19,24-25,29-30H,4,7-9,11H2,1H3,(H,26,33)(H,27,31)(H,28,32)(H,34,35). The van der Waals surface area contributed by atoms with E-state index >= 15 is 0 Å². The van der Waals surface area contributed by atoms with E-state index in [1.54, 1.807) is 6.20 Å². The van der Waals surface area contributed by atoms with Gasteiger partial charge in [-0.05, 0) is 37.9 Å². The minimum atomic E-state index is -1.51. The number of aliphatic hydroxyl groups excluding tert-OH is 2. The largest absolute Gasteiger partial charge is 0.480 e. The first-order valence-electron chi connectivity index (χ1n) is 11.4. The lowest BCUT2D eigenvalue weighted by Crippen LogP contribution is -2.60. The second kappa shape index (κ2) is 11.8. The van der Waals surface area contributed by atoms with Crippen LogP contribution in [0.4, 0.5) is 0 Å². The van der Waals surface area contributed by atoms with Gasteiger partial charge in [-0.1, -0.05) is 18.2 Å². The highest BCUT2D eigenvalue weighted by atomic mass is 16.4. The molecule has 3 rings (SSSR count). The Morgan fingerprint density at radius 3 is 2.46 bits per heavy atom. The number of aromatic nitrogens is 1. The zero-order valence-electron chi connectivity index (χ0n) is 19.3. The van der Waals surface area contributed by atoms with Crippen LogP contribution in [-0.4, -0.2) is 87.4 Å². The quantitative estimate of drug-likeness (QED) is 0.184. The monoisotopic (exact) mass is 489 g/mol. The summed E-state index contributed by atoms with van der Waals surface area (Å²) in [5.41, 5.74) is 1.49. The summed E-state index contributed by atoms with van der Waals surface area (Å²) >= 11 is 0. The van der Waals surface area contributed by atoms with Crippen molar-refractivity contribution in [1.82, 2.24) is 26.3 Å². The van der Waals surface area contributed by atoms with Crippen LogP contribution in [-0.2, 0) is 25.6 Å². The molecule has 0 radical (unpaired) electrons. The molecule has 2 aromatic rings. The van der Waals surface area contributed by atoms with Crippen molar-refractivity contribution in [3.05, 3.63) is 36.0 Å². The van der Waals surface area contributed by atoms with Crippen molar-refractivity contribution in [2.75, 3.05) is 13.2 Å². The summed E-state index contributed by atoms with van der Waals surface area (Å²) in [6.07, 6.45) is 1.65. The summed E-state index contributed by atoms with van der Waals surface area (Å²) in [5, 5.41) is 40.2. The Hall–Kier alpha value is -3.48. The molecule has 3 amide bonds. The molecule has 0 aliphatic carbocycles. The van der Waals surface area contributed by atoms with E-state index in [0.29, 0.717) is 18.5 Å². The molecule has 0 bridgehead atoms. The first-order chi connectivity index (χ1) is 16.7. The van der Waals surface area contributed by atoms with Crippen molar-refractivity contribution in [3.63, 3.8) is 0 Å². The van der Waals surface area contributed by atoms with Gasteiger partial charge < -0.3 is 41.6 Å². The van der Waals surface area contributed by atoms with Crippen LogP contribution in [0.2, 0.25) is 0 Å². The van der Waals surface area contributed by atoms with E-state index in [4.69, 9.17) is 0 Å². The van der Waals surface area contributed by atoms with Crippen molar-refractivity contribution < 1.29 is 34.5 Å². The third-order valence-electron chi connectivity index (χ3n) is 5.97. The number of H-pyrrole nitrogens is 1. The molecule has 35 heavy (non-hydrogen) atoms. The molecule has 2 heterocycles. The number of carboxylic acid groups (broad SMARTS) is 1. The minimum absolute atomic E-state index is 0.0325. The van der Waals surface area contributed by atoms with E-state index in [1.807, 2.05) is 24.3 Å². The summed E-state index contributed by atoms with van der Waals surface area (Å²) in [6.45, 7) is 1.20. The molecule has 1 fully saturated rings. The Balaban J connectivity index is 1.66. The summed E-state index contributed by atoms with van der Waals surface area (Å²) in [7, 11) is 0. The number of aliphatic carboxylic acids is 1. The first kappa shape index (κ1) is 26.1. The highest BCUT2D eigenvalue weighted by Gasteiger charge is 2.33. The van der Waals surface area contributed by atoms with Gasteiger partial charge >= 0.3 is 5.97 Å². The lowest BCUT2D eigenvalue weighted by Gasteiger charge is -2.26. The number of amides is 3. The molecule has 1 aromatic carbocycles. The predicted molar refractivity (Wildman–Crippen MR) is 125 cm³/mol. The fraction of sp³-hybridized carbons (Fsp3) is 0.478. The van der Waals surface area contributed by atoms with Crippen LogP contribution in [0.3, 0.4) is 0 Å². The molecule has 0 saturated carbocycles. The zero-order chi connectivity index (χ0) is 25.5.